The highest BCUT2D eigenvalue weighted by Gasteiger charge is 2.11. The molecule has 2 aromatic carbocycles. The van der Waals surface area contributed by atoms with Gasteiger partial charge in [-0.3, -0.25) is 0 Å². The van der Waals surface area contributed by atoms with E-state index in [1.807, 2.05) is 37.3 Å². The first-order valence-electron chi connectivity index (χ1n) is 7.01. The number of aliphatic hydroxyl groups is 1. The van der Waals surface area contributed by atoms with Crippen molar-refractivity contribution < 1.29 is 9.52 Å². The highest BCUT2D eigenvalue weighted by atomic mass is 16.4. The first-order chi connectivity index (χ1) is 10.3. The van der Waals surface area contributed by atoms with E-state index < -0.39 is 0 Å². The molecule has 21 heavy (non-hydrogen) atoms. The molecule has 0 fully saturated rings. The molecule has 0 bridgehead atoms. The van der Waals surface area contributed by atoms with Crippen molar-refractivity contribution in [3.8, 4) is 22.6 Å². The van der Waals surface area contributed by atoms with Crippen LogP contribution in [0, 0.1) is 6.92 Å². The second kappa shape index (κ2) is 5.94. The van der Waals surface area contributed by atoms with Gasteiger partial charge < -0.3 is 9.52 Å². The predicted molar refractivity (Wildman–Crippen MR) is 82.9 cm³/mol. The van der Waals surface area contributed by atoms with Gasteiger partial charge >= 0.3 is 0 Å². The number of nitrogens with zero attached hydrogens (tertiary/aromatic N) is 1. The number of aryl methyl sites for hydroxylation is 1. The first kappa shape index (κ1) is 13.6. The summed E-state index contributed by atoms with van der Waals surface area (Å²) in [6, 6.07) is 18.4. The Hall–Kier alpha value is -2.39. The highest BCUT2D eigenvalue weighted by Crippen LogP contribution is 2.27. The molecule has 0 aliphatic heterocycles. The van der Waals surface area contributed by atoms with Gasteiger partial charge in [0.2, 0.25) is 5.89 Å². The zero-order chi connectivity index (χ0) is 14.7. The summed E-state index contributed by atoms with van der Waals surface area (Å²) in [5.74, 6) is 1.37. The number of hydrogen-bond acceptors (Lipinski definition) is 3. The summed E-state index contributed by atoms with van der Waals surface area (Å²) in [6.45, 7) is 1.96. The largest absolute Gasteiger partial charge is 0.441 e. The van der Waals surface area contributed by atoms with Crippen molar-refractivity contribution in [2.75, 3.05) is 6.61 Å². The zero-order valence-corrected chi connectivity index (χ0v) is 11.9. The molecule has 0 radical (unpaired) electrons. The minimum Gasteiger partial charge on any atom is -0.441 e. The van der Waals surface area contributed by atoms with Crippen LogP contribution in [0.3, 0.4) is 0 Å². The van der Waals surface area contributed by atoms with Crippen LogP contribution in [-0.4, -0.2) is 16.7 Å². The standard InChI is InChI=1S/C18H17NO2/c1-13-17(10-11-20)19-18(21-13)16-9-5-8-15(12-16)14-6-3-2-4-7-14/h2-9,12,20H,10-11H2,1H3. The number of benzene rings is 2. The fourth-order valence-electron chi connectivity index (χ4n) is 2.35. The van der Waals surface area contributed by atoms with E-state index in [0.717, 1.165) is 22.6 Å². The van der Waals surface area contributed by atoms with Crippen LogP contribution in [0.25, 0.3) is 22.6 Å². The maximum atomic E-state index is 9.04. The van der Waals surface area contributed by atoms with Crippen molar-refractivity contribution in [3.05, 3.63) is 66.1 Å². The number of aliphatic hydroxyl groups excluding tert-OH is 1. The molecule has 0 aliphatic rings. The van der Waals surface area contributed by atoms with Crippen molar-refractivity contribution in [1.29, 1.82) is 0 Å². The zero-order valence-electron chi connectivity index (χ0n) is 11.9. The van der Waals surface area contributed by atoms with Crippen LogP contribution in [0.5, 0.6) is 0 Å². The third-order valence-corrected chi connectivity index (χ3v) is 3.46. The van der Waals surface area contributed by atoms with Crippen LogP contribution < -0.4 is 0 Å². The molecule has 1 heterocycles. The molecule has 0 saturated heterocycles. The van der Waals surface area contributed by atoms with Crippen molar-refractivity contribution in [2.45, 2.75) is 13.3 Å². The van der Waals surface area contributed by atoms with Gasteiger partial charge in [-0.1, -0.05) is 42.5 Å². The molecule has 0 amide bonds. The lowest BCUT2D eigenvalue weighted by atomic mass is 10.0. The highest BCUT2D eigenvalue weighted by molar-refractivity contribution is 5.69. The summed E-state index contributed by atoms with van der Waals surface area (Å²) in [7, 11) is 0. The fraction of sp³-hybridized carbons (Fsp3) is 0.167. The van der Waals surface area contributed by atoms with Crippen molar-refractivity contribution >= 4 is 0 Å². The summed E-state index contributed by atoms with van der Waals surface area (Å²) in [6.07, 6.45) is 0.522. The second-order valence-corrected chi connectivity index (χ2v) is 4.94. The summed E-state index contributed by atoms with van der Waals surface area (Å²) >= 11 is 0. The molecule has 1 N–H and O–H groups in total. The van der Waals surface area contributed by atoms with E-state index >= 15 is 0 Å². The predicted octanol–water partition coefficient (Wildman–Crippen LogP) is 3.85. The average molecular weight is 279 g/mol. The van der Waals surface area contributed by atoms with Gasteiger partial charge in [-0.2, -0.15) is 0 Å². The van der Waals surface area contributed by atoms with E-state index in [0.29, 0.717) is 12.3 Å². The van der Waals surface area contributed by atoms with E-state index in [9.17, 15) is 0 Å². The van der Waals surface area contributed by atoms with E-state index in [-0.39, 0.29) is 6.61 Å². The Kier molecular flexibility index (Phi) is 3.84. The Labute approximate surface area is 123 Å². The quantitative estimate of drug-likeness (QED) is 0.789. The average Bonchev–Trinajstić information content (AvgIpc) is 2.90. The maximum absolute atomic E-state index is 9.04. The third kappa shape index (κ3) is 2.88. The minimum atomic E-state index is 0.0802. The Morgan fingerprint density at radius 1 is 0.952 bits per heavy atom. The topological polar surface area (TPSA) is 46.3 Å². The lowest BCUT2D eigenvalue weighted by molar-refractivity contribution is 0.297. The summed E-state index contributed by atoms with van der Waals surface area (Å²) in [4.78, 5) is 4.48. The number of oxazole rings is 1. The summed E-state index contributed by atoms with van der Waals surface area (Å²) in [5, 5.41) is 9.04. The molecule has 0 aliphatic carbocycles. The Morgan fingerprint density at radius 3 is 2.43 bits per heavy atom. The lowest BCUT2D eigenvalue weighted by Gasteiger charge is -2.03. The first-order valence-corrected chi connectivity index (χ1v) is 7.01. The second-order valence-electron chi connectivity index (χ2n) is 4.94. The molecule has 3 rings (SSSR count). The van der Waals surface area contributed by atoms with Crippen molar-refractivity contribution in [2.24, 2.45) is 0 Å². The van der Waals surface area contributed by atoms with Gasteiger partial charge in [-0.25, -0.2) is 4.98 Å². The minimum absolute atomic E-state index is 0.0802. The Balaban J connectivity index is 1.98. The smallest absolute Gasteiger partial charge is 0.226 e. The van der Waals surface area contributed by atoms with Crippen LogP contribution in [0.15, 0.2) is 59.0 Å². The molecule has 0 unspecified atom stereocenters. The molecule has 106 valence electrons. The summed E-state index contributed by atoms with van der Waals surface area (Å²) < 4.78 is 5.72. The van der Waals surface area contributed by atoms with E-state index in [2.05, 4.69) is 29.2 Å². The van der Waals surface area contributed by atoms with Crippen LogP contribution in [0.4, 0.5) is 0 Å². The van der Waals surface area contributed by atoms with E-state index in [1.54, 1.807) is 0 Å². The molecular formula is C18H17NO2. The monoisotopic (exact) mass is 279 g/mol. The van der Waals surface area contributed by atoms with Gasteiger partial charge in [0.1, 0.15) is 5.76 Å². The lowest BCUT2D eigenvalue weighted by Crippen LogP contribution is -1.92. The Morgan fingerprint density at radius 2 is 1.67 bits per heavy atom. The maximum Gasteiger partial charge on any atom is 0.226 e. The normalized spacial score (nSPS) is 10.8. The fourth-order valence-corrected chi connectivity index (χ4v) is 2.35. The SMILES string of the molecule is Cc1oc(-c2cccc(-c3ccccc3)c2)nc1CCO. The van der Waals surface area contributed by atoms with Gasteiger partial charge in [0.05, 0.1) is 5.69 Å². The van der Waals surface area contributed by atoms with Crippen LogP contribution >= 0.6 is 0 Å². The molecule has 3 nitrogen and oxygen atoms in total. The molecule has 3 heteroatoms. The van der Waals surface area contributed by atoms with Crippen molar-refractivity contribution in [3.63, 3.8) is 0 Å². The molecule has 0 spiro atoms. The molecular weight excluding hydrogens is 262 g/mol. The van der Waals surface area contributed by atoms with Gasteiger partial charge in [0.15, 0.2) is 0 Å². The molecule has 0 saturated carbocycles. The molecule has 3 aromatic rings. The molecule has 0 atom stereocenters. The third-order valence-electron chi connectivity index (χ3n) is 3.46. The van der Waals surface area contributed by atoms with E-state index in [1.165, 1.54) is 5.56 Å². The van der Waals surface area contributed by atoms with E-state index in [4.69, 9.17) is 9.52 Å². The van der Waals surface area contributed by atoms with Gasteiger partial charge in [-0.05, 0) is 30.2 Å². The van der Waals surface area contributed by atoms with Gasteiger partial charge in [-0.15, -0.1) is 0 Å². The van der Waals surface area contributed by atoms with Crippen molar-refractivity contribution in [1.82, 2.24) is 4.98 Å². The Bertz CT molecular complexity index is 732. The van der Waals surface area contributed by atoms with Gasteiger partial charge in [0.25, 0.3) is 0 Å². The van der Waals surface area contributed by atoms with Crippen LogP contribution in [0.1, 0.15) is 11.5 Å². The number of aromatic nitrogens is 1. The number of rotatable bonds is 4. The molecule has 1 aromatic heterocycles. The van der Waals surface area contributed by atoms with Crippen LogP contribution in [-0.2, 0) is 6.42 Å². The number of hydrogen-bond donors (Lipinski definition) is 1. The van der Waals surface area contributed by atoms with Gasteiger partial charge in [0, 0.05) is 18.6 Å². The van der Waals surface area contributed by atoms with Crippen LogP contribution in [0.2, 0.25) is 0 Å². The summed E-state index contributed by atoms with van der Waals surface area (Å²) in [5.41, 5.74) is 4.06.